The second-order valence-corrected chi connectivity index (χ2v) is 5.29. The second kappa shape index (κ2) is 6.62. The zero-order chi connectivity index (χ0) is 15.4. The average Bonchev–Trinajstić information content (AvgIpc) is 2.47. The molecule has 2 unspecified atom stereocenters. The van der Waals surface area contributed by atoms with Gasteiger partial charge in [-0.3, -0.25) is 14.9 Å². The molecular formula is C14H18FN3O3. The van der Waals surface area contributed by atoms with E-state index < -0.39 is 16.6 Å². The van der Waals surface area contributed by atoms with Crippen molar-refractivity contribution in [1.29, 1.82) is 0 Å². The van der Waals surface area contributed by atoms with Crippen LogP contribution in [0.4, 0.5) is 10.1 Å². The van der Waals surface area contributed by atoms with Crippen molar-refractivity contribution in [3.63, 3.8) is 0 Å². The summed E-state index contributed by atoms with van der Waals surface area (Å²) in [5, 5.41) is 16.6. The lowest BCUT2D eigenvalue weighted by atomic mass is 9.92. The first kappa shape index (κ1) is 15.4. The molecule has 1 heterocycles. The Labute approximate surface area is 121 Å². The van der Waals surface area contributed by atoms with E-state index in [4.69, 9.17) is 0 Å². The summed E-state index contributed by atoms with van der Waals surface area (Å²) in [6.07, 6.45) is 2.06. The zero-order valence-electron chi connectivity index (χ0n) is 11.8. The monoisotopic (exact) mass is 295 g/mol. The van der Waals surface area contributed by atoms with Crippen LogP contribution in [0.25, 0.3) is 0 Å². The van der Waals surface area contributed by atoms with Crippen LogP contribution in [0.5, 0.6) is 0 Å². The molecule has 0 bridgehead atoms. The van der Waals surface area contributed by atoms with Gasteiger partial charge in [-0.05, 0) is 44.8 Å². The second-order valence-electron chi connectivity index (χ2n) is 5.29. The number of halogens is 1. The number of benzene rings is 1. The van der Waals surface area contributed by atoms with E-state index in [-0.39, 0.29) is 17.3 Å². The van der Waals surface area contributed by atoms with E-state index >= 15 is 0 Å². The number of hydrogen-bond acceptors (Lipinski definition) is 4. The first-order valence-corrected chi connectivity index (χ1v) is 6.94. The molecule has 114 valence electrons. The molecule has 7 heteroatoms. The van der Waals surface area contributed by atoms with E-state index in [1.54, 1.807) is 0 Å². The number of non-ortho nitro benzene ring substituents is 1. The van der Waals surface area contributed by atoms with Gasteiger partial charge in [-0.2, -0.15) is 0 Å². The van der Waals surface area contributed by atoms with Crippen molar-refractivity contribution in [2.24, 2.45) is 5.92 Å². The van der Waals surface area contributed by atoms with E-state index in [1.807, 2.05) is 6.92 Å². The molecule has 1 amide bonds. The Balaban J connectivity index is 2.04. The van der Waals surface area contributed by atoms with E-state index in [0.717, 1.165) is 44.1 Å². The van der Waals surface area contributed by atoms with Crippen LogP contribution in [0.3, 0.4) is 0 Å². The number of nitrogens with zero attached hydrogens (tertiary/aromatic N) is 1. The van der Waals surface area contributed by atoms with Gasteiger partial charge < -0.3 is 10.6 Å². The molecule has 1 aliphatic rings. The molecule has 1 fully saturated rings. The molecule has 1 aromatic carbocycles. The molecule has 1 saturated heterocycles. The van der Waals surface area contributed by atoms with E-state index in [0.29, 0.717) is 5.92 Å². The summed E-state index contributed by atoms with van der Waals surface area (Å²) in [5.41, 5.74) is -0.537. The van der Waals surface area contributed by atoms with Gasteiger partial charge in [0.2, 0.25) is 0 Å². The maximum atomic E-state index is 13.8. The van der Waals surface area contributed by atoms with Gasteiger partial charge in [0.05, 0.1) is 16.6 Å². The first-order chi connectivity index (χ1) is 9.99. The third-order valence-corrected chi connectivity index (χ3v) is 3.81. The number of piperidine rings is 1. The average molecular weight is 295 g/mol. The fourth-order valence-electron chi connectivity index (χ4n) is 2.51. The van der Waals surface area contributed by atoms with Gasteiger partial charge >= 0.3 is 0 Å². The lowest BCUT2D eigenvalue weighted by Gasteiger charge is -2.28. The van der Waals surface area contributed by atoms with Crippen molar-refractivity contribution in [2.45, 2.75) is 25.8 Å². The van der Waals surface area contributed by atoms with Crippen LogP contribution >= 0.6 is 0 Å². The quantitative estimate of drug-likeness (QED) is 0.656. The summed E-state index contributed by atoms with van der Waals surface area (Å²) in [6.45, 7) is 3.69. The summed E-state index contributed by atoms with van der Waals surface area (Å²) < 4.78 is 13.8. The van der Waals surface area contributed by atoms with Crippen LogP contribution in [-0.2, 0) is 0 Å². The maximum Gasteiger partial charge on any atom is 0.272 e. The highest BCUT2D eigenvalue weighted by Gasteiger charge is 2.23. The van der Waals surface area contributed by atoms with Gasteiger partial charge in [-0.25, -0.2) is 4.39 Å². The Bertz CT molecular complexity index is 544. The van der Waals surface area contributed by atoms with Gasteiger partial charge in [0.1, 0.15) is 5.82 Å². The van der Waals surface area contributed by atoms with Crippen molar-refractivity contribution in [2.75, 3.05) is 13.1 Å². The molecule has 2 atom stereocenters. The summed E-state index contributed by atoms with van der Waals surface area (Å²) in [5.74, 6) is -1.11. The van der Waals surface area contributed by atoms with Crippen LogP contribution in [0.2, 0.25) is 0 Å². The molecule has 0 spiro atoms. The number of carbonyl (C=O) groups excluding carboxylic acids is 1. The van der Waals surface area contributed by atoms with Crippen molar-refractivity contribution in [3.8, 4) is 0 Å². The Morgan fingerprint density at radius 2 is 2.33 bits per heavy atom. The lowest BCUT2D eigenvalue weighted by molar-refractivity contribution is -0.385. The predicted molar refractivity (Wildman–Crippen MR) is 75.6 cm³/mol. The molecule has 0 aliphatic carbocycles. The maximum absolute atomic E-state index is 13.8. The van der Waals surface area contributed by atoms with Crippen LogP contribution in [0.1, 0.15) is 30.1 Å². The molecule has 21 heavy (non-hydrogen) atoms. The summed E-state index contributed by atoms with van der Waals surface area (Å²) >= 11 is 0. The van der Waals surface area contributed by atoms with E-state index in [9.17, 15) is 19.3 Å². The van der Waals surface area contributed by atoms with Gasteiger partial charge in [0.15, 0.2) is 0 Å². The highest BCUT2D eigenvalue weighted by molar-refractivity contribution is 5.94. The number of hydrogen-bond donors (Lipinski definition) is 2. The Morgan fingerprint density at radius 3 is 2.90 bits per heavy atom. The number of nitro groups is 1. The standard InChI is InChI=1S/C14H18FN3O3/c1-9(10-3-2-6-16-8-10)17-14(19)12-5-4-11(18(20)21)7-13(12)15/h4-5,7,9-10,16H,2-3,6,8H2,1H3,(H,17,19). The zero-order valence-corrected chi connectivity index (χ0v) is 11.8. The number of nitro benzene ring substituents is 1. The SMILES string of the molecule is CC(NC(=O)c1ccc([N+](=O)[O-])cc1F)C1CCCNC1. The Kier molecular flexibility index (Phi) is 4.85. The molecule has 0 aromatic heterocycles. The van der Waals surface area contributed by atoms with Gasteiger partial charge in [-0.15, -0.1) is 0 Å². The van der Waals surface area contributed by atoms with Gasteiger partial charge in [-0.1, -0.05) is 0 Å². The number of amides is 1. The summed E-state index contributed by atoms with van der Waals surface area (Å²) in [4.78, 5) is 21.9. The largest absolute Gasteiger partial charge is 0.349 e. The van der Waals surface area contributed by atoms with E-state index in [2.05, 4.69) is 10.6 Å². The van der Waals surface area contributed by atoms with E-state index in [1.165, 1.54) is 0 Å². The van der Waals surface area contributed by atoms with Gasteiger partial charge in [0, 0.05) is 12.1 Å². The topological polar surface area (TPSA) is 84.3 Å². The van der Waals surface area contributed by atoms with Crippen molar-refractivity contribution < 1.29 is 14.1 Å². The lowest BCUT2D eigenvalue weighted by Crippen LogP contribution is -2.44. The highest BCUT2D eigenvalue weighted by Crippen LogP contribution is 2.18. The van der Waals surface area contributed by atoms with Crippen LogP contribution < -0.4 is 10.6 Å². The molecule has 2 N–H and O–H groups in total. The molecule has 1 aromatic rings. The van der Waals surface area contributed by atoms with Crippen LogP contribution in [0.15, 0.2) is 18.2 Å². The van der Waals surface area contributed by atoms with Crippen molar-refractivity contribution in [3.05, 3.63) is 39.7 Å². The molecule has 2 rings (SSSR count). The minimum Gasteiger partial charge on any atom is -0.349 e. The third kappa shape index (κ3) is 3.75. The van der Waals surface area contributed by atoms with Crippen molar-refractivity contribution in [1.82, 2.24) is 10.6 Å². The Hall–Kier alpha value is -2.02. The smallest absolute Gasteiger partial charge is 0.272 e. The van der Waals surface area contributed by atoms with Gasteiger partial charge in [0.25, 0.3) is 11.6 Å². The minimum atomic E-state index is -0.879. The number of rotatable bonds is 4. The minimum absolute atomic E-state index is 0.0834. The predicted octanol–water partition coefficient (Wildman–Crippen LogP) is 1.85. The highest BCUT2D eigenvalue weighted by atomic mass is 19.1. The number of nitrogens with one attached hydrogen (secondary N) is 2. The van der Waals surface area contributed by atoms with Crippen molar-refractivity contribution >= 4 is 11.6 Å². The molecule has 6 nitrogen and oxygen atoms in total. The fourth-order valence-corrected chi connectivity index (χ4v) is 2.51. The molecule has 1 aliphatic heterocycles. The first-order valence-electron chi connectivity index (χ1n) is 6.94. The fraction of sp³-hybridized carbons (Fsp3) is 0.500. The number of carbonyl (C=O) groups is 1. The van der Waals surface area contributed by atoms with Crippen LogP contribution in [0, 0.1) is 21.8 Å². The Morgan fingerprint density at radius 1 is 1.57 bits per heavy atom. The molecular weight excluding hydrogens is 277 g/mol. The van der Waals surface area contributed by atoms with Crippen LogP contribution in [-0.4, -0.2) is 30.0 Å². The third-order valence-electron chi connectivity index (χ3n) is 3.81. The normalized spacial score (nSPS) is 19.8. The molecule has 0 saturated carbocycles. The summed E-state index contributed by atoms with van der Waals surface area (Å²) in [6, 6.07) is 2.96. The summed E-state index contributed by atoms with van der Waals surface area (Å²) in [7, 11) is 0. The molecule has 0 radical (unpaired) electrons.